The fraction of sp³-hybridized carbons (Fsp3) is 0.786. The Hall–Kier alpha value is -0.580. The summed E-state index contributed by atoms with van der Waals surface area (Å²) in [7, 11) is 3.71. The average molecular weight is 286 g/mol. The molecule has 1 atom stereocenters. The van der Waals surface area contributed by atoms with Crippen molar-refractivity contribution in [2.45, 2.75) is 44.7 Å². The van der Waals surface area contributed by atoms with Gasteiger partial charge < -0.3 is 10.1 Å². The molecule has 1 unspecified atom stereocenters. The molecule has 0 radical (unpaired) electrons. The highest BCUT2D eigenvalue weighted by Gasteiger charge is 2.24. The topological polar surface area (TPSA) is 39.1 Å². The van der Waals surface area contributed by atoms with Gasteiger partial charge in [-0.1, -0.05) is 37.3 Å². The third-order valence-corrected chi connectivity index (χ3v) is 4.35. The summed E-state index contributed by atoms with van der Waals surface area (Å²) >= 11 is 6.32. The zero-order valence-electron chi connectivity index (χ0n) is 11.9. The summed E-state index contributed by atoms with van der Waals surface area (Å²) in [6.07, 6.45) is 8.33. The molecule has 0 amide bonds. The molecule has 1 aromatic heterocycles. The van der Waals surface area contributed by atoms with Crippen molar-refractivity contribution in [1.82, 2.24) is 15.1 Å². The lowest BCUT2D eigenvalue weighted by Crippen LogP contribution is -2.23. The van der Waals surface area contributed by atoms with Crippen LogP contribution in [0.5, 0.6) is 0 Å². The molecule has 0 bridgehead atoms. The highest BCUT2D eigenvalue weighted by molar-refractivity contribution is 6.31. The van der Waals surface area contributed by atoms with E-state index >= 15 is 0 Å². The lowest BCUT2D eigenvalue weighted by atomic mass is 9.96. The second-order valence-corrected chi connectivity index (χ2v) is 5.73. The summed E-state index contributed by atoms with van der Waals surface area (Å²) in [6, 6.07) is 0.287. The van der Waals surface area contributed by atoms with Crippen LogP contribution in [-0.2, 0) is 11.3 Å². The Morgan fingerprint density at radius 1 is 1.53 bits per heavy atom. The molecule has 0 saturated heterocycles. The molecular weight excluding hydrogens is 262 g/mol. The van der Waals surface area contributed by atoms with Gasteiger partial charge in [0.05, 0.1) is 36.1 Å². The van der Waals surface area contributed by atoms with Crippen LogP contribution in [0.15, 0.2) is 6.20 Å². The molecule has 1 heterocycles. The summed E-state index contributed by atoms with van der Waals surface area (Å²) in [6.45, 7) is 1.41. The Balaban J connectivity index is 2.09. The molecule has 1 N–H and O–H groups in total. The van der Waals surface area contributed by atoms with Crippen LogP contribution in [0, 0.1) is 5.92 Å². The summed E-state index contributed by atoms with van der Waals surface area (Å²) in [5.74, 6) is 0.819. The van der Waals surface area contributed by atoms with E-state index < -0.39 is 0 Å². The maximum atomic E-state index is 6.32. The van der Waals surface area contributed by atoms with Gasteiger partial charge >= 0.3 is 0 Å². The molecule has 1 saturated carbocycles. The second-order valence-electron chi connectivity index (χ2n) is 5.32. The molecule has 5 heteroatoms. The lowest BCUT2D eigenvalue weighted by Gasteiger charge is -2.21. The SMILES string of the molecule is CNC(CC1CCCC1)c1c(Cl)cnn1CCOC. The van der Waals surface area contributed by atoms with Gasteiger partial charge in [-0.25, -0.2) is 0 Å². The maximum Gasteiger partial charge on any atom is 0.0834 e. The quantitative estimate of drug-likeness (QED) is 0.837. The first kappa shape index (κ1) is 14.8. The highest BCUT2D eigenvalue weighted by atomic mass is 35.5. The van der Waals surface area contributed by atoms with Crippen LogP contribution in [0.1, 0.15) is 43.8 Å². The molecule has 0 spiro atoms. The minimum Gasteiger partial charge on any atom is -0.383 e. The first-order chi connectivity index (χ1) is 9.26. The molecule has 1 aromatic rings. The zero-order valence-corrected chi connectivity index (χ0v) is 12.6. The molecule has 0 aliphatic heterocycles. The summed E-state index contributed by atoms with van der Waals surface area (Å²) in [5.41, 5.74) is 1.10. The third-order valence-electron chi connectivity index (χ3n) is 4.06. The fourth-order valence-corrected chi connectivity index (χ4v) is 3.29. The van der Waals surface area contributed by atoms with Crippen molar-refractivity contribution >= 4 is 11.6 Å². The van der Waals surface area contributed by atoms with Crippen molar-refractivity contribution in [3.05, 3.63) is 16.9 Å². The molecule has 1 aliphatic carbocycles. The van der Waals surface area contributed by atoms with Crippen LogP contribution in [-0.4, -0.2) is 30.5 Å². The van der Waals surface area contributed by atoms with E-state index in [4.69, 9.17) is 16.3 Å². The number of hydrogen-bond donors (Lipinski definition) is 1. The molecular formula is C14H24ClN3O. The highest BCUT2D eigenvalue weighted by Crippen LogP contribution is 2.34. The van der Waals surface area contributed by atoms with Crippen LogP contribution in [0.25, 0.3) is 0 Å². The summed E-state index contributed by atoms with van der Waals surface area (Å²) < 4.78 is 7.11. The number of methoxy groups -OCH3 is 1. The number of ether oxygens (including phenoxy) is 1. The molecule has 0 aromatic carbocycles. The maximum absolute atomic E-state index is 6.32. The summed E-state index contributed by atoms with van der Waals surface area (Å²) in [5, 5.41) is 8.52. The van der Waals surface area contributed by atoms with Crippen molar-refractivity contribution in [1.29, 1.82) is 0 Å². The van der Waals surface area contributed by atoms with Crippen LogP contribution >= 0.6 is 11.6 Å². The average Bonchev–Trinajstić information content (AvgIpc) is 3.04. The van der Waals surface area contributed by atoms with Crippen molar-refractivity contribution in [3.8, 4) is 0 Å². The summed E-state index contributed by atoms with van der Waals surface area (Å²) in [4.78, 5) is 0. The molecule has 108 valence electrons. The zero-order chi connectivity index (χ0) is 13.7. The first-order valence-corrected chi connectivity index (χ1v) is 7.51. The second kappa shape index (κ2) is 7.27. The Morgan fingerprint density at radius 3 is 2.89 bits per heavy atom. The van der Waals surface area contributed by atoms with Crippen molar-refractivity contribution in [2.75, 3.05) is 20.8 Å². The third kappa shape index (κ3) is 3.71. The number of halogens is 1. The van der Waals surface area contributed by atoms with E-state index in [0.717, 1.165) is 29.6 Å². The van der Waals surface area contributed by atoms with E-state index in [1.807, 2.05) is 11.7 Å². The van der Waals surface area contributed by atoms with Gasteiger partial charge in [-0.05, 0) is 19.4 Å². The van der Waals surface area contributed by atoms with Crippen LogP contribution in [0.4, 0.5) is 0 Å². The van der Waals surface area contributed by atoms with Gasteiger partial charge in [-0.2, -0.15) is 5.10 Å². The first-order valence-electron chi connectivity index (χ1n) is 7.13. The van der Waals surface area contributed by atoms with Crippen LogP contribution in [0.2, 0.25) is 5.02 Å². The standard InChI is InChI=1S/C14H24ClN3O/c1-16-13(9-11-5-3-4-6-11)14-12(15)10-17-18(14)7-8-19-2/h10-11,13,16H,3-9H2,1-2H3. The Bertz CT molecular complexity index is 388. The number of aromatic nitrogens is 2. The van der Waals surface area contributed by atoms with Gasteiger partial charge in [0.25, 0.3) is 0 Å². The van der Waals surface area contributed by atoms with Gasteiger partial charge in [0, 0.05) is 7.11 Å². The Kier molecular flexibility index (Phi) is 5.67. The predicted octanol–water partition coefficient (Wildman–Crippen LogP) is 3.02. The Morgan fingerprint density at radius 2 is 2.26 bits per heavy atom. The molecule has 1 aliphatic rings. The molecule has 2 rings (SSSR count). The molecule has 19 heavy (non-hydrogen) atoms. The van der Waals surface area contributed by atoms with Crippen molar-refractivity contribution < 1.29 is 4.74 Å². The van der Waals surface area contributed by atoms with E-state index in [9.17, 15) is 0 Å². The van der Waals surface area contributed by atoms with Crippen LogP contribution in [0.3, 0.4) is 0 Å². The van der Waals surface area contributed by atoms with E-state index in [1.54, 1.807) is 13.3 Å². The molecule has 4 nitrogen and oxygen atoms in total. The normalized spacial score (nSPS) is 18.1. The molecule has 1 fully saturated rings. The van der Waals surface area contributed by atoms with Gasteiger partial charge in [0.1, 0.15) is 0 Å². The van der Waals surface area contributed by atoms with Gasteiger partial charge in [-0.15, -0.1) is 0 Å². The van der Waals surface area contributed by atoms with E-state index in [0.29, 0.717) is 6.61 Å². The van der Waals surface area contributed by atoms with Gasteiger partial charge in [0.15, 0.2) is 0 Å². The van der Waals surface area contributed by atoms with E-state index in [-0.39, 0.29) is 6.04 Å². The van der Waals surface area contributed by atoms with Crippen molar-refractivity contribution in [3.63, 3.8) is 0 Å². The van der Waals surface area contributed by atoms with Crippen molar-refractivity contribution in [2.24, 2.45) is 5.92 Å². The monoisotopic (exact) mass is 285 g/mol. The minimum absolute atomic E-state index is 0.287. The number of rotatable bonds is 7. The largest absolute Gasteiger partial charge is 0.383 e. The van der Waals surface area contributed by atoms with Gasteiger partial charge in [0.2, 0.25) is 0 Å². The minimum atomic E-state index is 0.287. The number of nitrogens with zero attached hydrogens (tertiary/aromatic N) is 2. The van der Waals surface area contributed by atoms with E-state index in [2.05, 4.69) is 10.4 Å². The Labute approximate surface area is 120 Å². The number of nitrogens with one attached hydrogen (secondary N) is 1. The van der Waals surface area contributed by atoms with Gasteiger partial charge in [-0.3, -0.25) is 4.68 Å². The van der Waals surface area contributed by atoms with E-state index in [1.165, 1.54) is 25.7 Å². The lowest BCUT2D eigenvalue weighted by molar-refractivity contribution is 0.181. The number of hydrogen-bond acceptors (Lipinski definition) is 3. The van der Waals surface area contributed by atoms with Crippen LogP contribution < -0.4 is 5.32 Å². The smallest absolute Gasteiger partial charge is 0.0834 e. The fourth-order valence-electron chi connectivity index (χ4n) is 3.02. The predicted molar refractivity (Wildman–Crippen MR) is 77.5 cm³/mol.